The van der Waals surface area contributed by atoms with Crippen LogP contribution in [0.5, 0.6) is 0 Å². The molecule has 2 aliphatic heterocycles. The van der Waals surface area contributed by atoms with Crippen molar-refractivity contribution in [3.63, 3.8) is 0 Å². The van der Waals surface area contributed by atoms with E-state index < -0.39 is 0 Å². The lowest BCUT2D eigenvalue weighted by Gasteiger charge is -2.47. The highest BCUT2D eigenvalue weighted by molar-refractivity contribution is 5.83. The third-order valence-electron chi connectivity index (χ3n) is 4.10. The second-order valence-electron chi connectivity index (χ2n) is 6.32. The van der Waals surface area contributed by atoms with E-state index in [-0.39, 0.29) is 17.6 Å². The summed E-state index contributed by atoms with van der Waals surface area (Å²) in [5.41, 5.74) is 1.20. The van der Waals surface area contributed by atoms with Gasteiger partial charge in [0.2, 0.25) is 0 Å². The fraction of sp³-hybridized carbons (Fsp3) is 0.562. The zero-order chi connectivity index (χ0) is 14.2. The van der Waals surface area contributed by atoms with E-state index in [1.807, 2.05) is 11.0 Å². The van der Waals surface area contributed by atoms with E-state index in [0.717, 1.165) is 26.2 Å². The van der Waals surface area contributed by atoms with Gasteiger partial charge >= 0.3 is 0 Å². The Labute approximate surface area is 120 Å². The molecule has 2 heterocycles. The molecule has 4 nitrogen and oxygen atoms in total. The predicted octanol–water partition coefficient (Wildman–Crippen LogP) is 1.51. The monoisotopic (exact) mass is 274 g/mol. The normalized spacial score (nSPS) is 25.5. The second-order valence-corrected chi connectivity index (χ2v) is 6.32. The van der Waals surface area contributed by atoms with E-state index in [1.54, 1.807) is 0 Å². The van der Waals surface area contributed by atoms with Crippen molar-refractivity contribution in [3.8, 4) is 0 Å². The van der Waals surface area contributed by atoms with Crippen LogP contribution in [0.2, 0.25) is 0 Å². The minimum absolute atomic E-state index is 0.129. The Hall–Kier alpha value is -1.39. The van der Waals surface area contributed by atoms with Gasteiger partial charge in [-0.25, -0.2) is 0 Å². The maximum atomic E-state index is 12.2. The Bertz CT molecular complexity index is 483. The van der Waals surface area contributed by atoms with Crippen LogP contribution in [0.4, 0.5) is 0 Å². The number of carbonyl (C=O) groups is 1. The zero-order valence-corrected chi connectivity index (χ0v) is 12.2. The van der Waals surface area contributed by atoms with Crippen LogP contribution in [-0.4, -0.2) is 53.6 Å². The van der Waals surface area contributed by atoms with E-state index >= 15 is 0 Å². The highest BCUT2D eigenvalue weighted by atomic mass is 16.6. The third kappa shape index (κ3) is 2.86. The molecule has 0 radical (unpaired) electrons. The summed E-state index contributed by atoms with van der Waals surface area (Å²) in [7, 11) is 0. The molecule has 0 aliphatic carbocycles. The van der Waals surface area contributed by atoms with Gasteiger partial charge in [0, 0.05) is 26.2 Å². The molecular formula is C16H22N2O2. The molecule has 1 aromatic rings. The second kappa shape index (κ2) is 5.19. The van der Waals surface area contributed by atoms with Crippen molar-refractivity contribution in [3.05, 3.63) is 35.9 Å². The summed E-state index contributed by atoms with van der Waals surface area (Å²) in [4.78, 5) is 16.6. The Kier molecular flexibility index (Phi) is 3.52. The van der Waals surface area contributed by atoms with Gasteiger partial charge in [0.1, 0.15) is 0 Å². The summed E-state index contributed by atoms with van der Waals surface area (Å²) < 4.78 is 5.13. The van der Waals surface area contributed by atoms with Crippen molar-refractivity contribution in [2.75, 3.05) is 26.2 Å². The molecular weight excluding hydrogens is 252 g/mol. The average Bonchev–Trinajstić information content (AvgIpc) is 3.22. The molecule has 108 valence electrons. The van der Waals surface area contributed by atoms with Gasteiger partial charge in [-0.05, 0) is 19.4 Å². The van der Waals surface area contributed by atoms with E-state index in [4.69, 9.17) is 4.74 Å². The highest BCUT2D eigenvalue weighted by Crippen LogP contribution is 2.26. The van der Waals surface area contributed by atoms with Gasteiger partial charge in [-0.1, -0.05) is 30.3 Å². The summed E-state index contributed by atoms with van der Waals surface area (Å²) in [6, 6.07) is 10.5. The summed E-state index contributed by atoms with van der Waals surface area (Å²) in [6.07, 6.45) is -0.171. The lowest BCUT2D eigenvalue weighted by molar-refractivity contribution is -0.142. The van der Waals surface area contributed by atoms with Crippen LogP contribution in [0.3, 0.4) is 0 Å². The van der Waals surface area contributed by atoms with Gasteiger partial charge in [-0.3, -0.25) is 9.69 Å². The molecule has 0 saturated carbocycles. The molecule has 0 bridgehead atoms. The van der Waals surface area contributed by atoms with Crippen molar-refractivity contribution >= 4 is 5.91 Å². The van der Waals surface area contributed by atoms with Crippen LogP contribution < -0.4 is 0 Å². The molecule has 2 fully saturated rings. The fourth-order valence-electron chi connectivity index (χ4n) is 3.01. The number of hydrogen-bond acceptors (Lipinski definition) is 3. The van der Waals surface area contributed by atoms with Gasteiger partial charge < -0.3 is 9.64 Å². The number of amides is 1. The molecule has 3 rings (SSSR count). The van der Waals surface area contributed by atoms with E-state index in [2.05, 4.69) is 43.0 Å². The quantitative estimate of drug-likeness (QED) is 0.784. The van der Waals surface area contributed by atoms with Gasteiger partial charge in [0.05, 0.1) is 12.1 Å². The molecule has 2 saturated heterocycles. The SMILES string of the molecule is CC1(C)CN(Cc2ccccc2)CCN1C(=O)C1CO1. The van der Waals surface area contributed by atoms with Gasteiger partial charge in [0.15, 0.2) is 6.10 Å². The lowest BCUT2D eigenvalue weighted by Crippen LogP contribution is -2.61. The van der Waals surface area contributed by atoms with Crippen molar-refractivity contribution in [2.45, 2.75) is 32.0 Å². The number of ether oxygens (including phenoxy) is 1. The van der Waals surface area contributed by atoms with Crippen LogP contribution in [0.25, 0.3) is 0 Å². The molecule has 1 atom stereocenters. The molecule has 0 N–H and O–H groups in total. The minimum Gasteiger partial charge on any atom is -0.363 e. The summed E-state index contributed by atoms with van der Waals surface area (Å²) >= 11 is 0. The Balaban J connectivity index is 1.63. The molecule has 1 aromatic carbocycles. The largest absolute Gasteiger partial charge is 0.363 e. The topological polar surface area (TPSA) is 36.1 Å². The molecule has 0 spiro atoms. The first-order valence-corrected chi connectivity index (χ1v) is 7.26. The molecule has 20 heavy (non-hydrogen) atoms. The average molecular weight is 274 g/mol. The molecule has 1 amide bonds. The number of piperazine rings is 1. The van der Waals surface area contributed by atoms with E-state index in [0.29, 0.717) is 6.61 Å². The van der Waals surface area contributed by atoms with Crippen LogP contribution in [-0.2, 0) is 16.1 Å². The summed E-state index contributed by atoms with van der Waals surface area (Å²) in [6.45, 7) is 8.45. The number of carbonyl (C=O) groups excluding carboxylic acids is 1. The Morgan fingerprint density at radius 1 is 1.30 bits per heavy atom. The van der Waals surface area contributed by atoms with Crippen LogP contribution in [0.1, 0.15) is 19.4 Å². The maximum Gasteiger partial charge on any atom is 0.254 e. The number of benzene rings is 1. The zero-order valence-electron chi connectivity index (χ0n) is 12.2. The first-order chi connectivity index (χ1) is 9.56. The van der Waals surface area contributed by atoms with Gasteiger partial charge in [-0.2, -0.15) is 0 Å². The number of epoxide rings is 1. The van der Waals surface area contributed by atoms with E-state index in [9.17, 15) is 4.79 Å². The smallest absolute Gasteiger partial charge is 0.254 e. The lowest BCUT2D eigenvalue weighted by atomic mass is 9.97. The van der Waals surface area contributed by atoms with Gasteiger partial charge in [-0.15, -0.1) is 0 Å². The Morgan fingerprint density at radius 3 is 2.60 bits per heavy atom. The van der Waals surface area contributed by atoms with Gasteiger partial charge in [0.25, 0.3) is 5.91 Å². The molecule has 2 aliphatic rings. The number of nitrogens with zero attached hydrogens (tertiary/aromatic N) is 2. The first-order valence-electron chi connectivity index (χ1n) is 7.26. The fourth-order valence-corrected chi connectivity index (χ4v) is 3.01. The Morgan fingerprint density at radius 2 is 2.00 bits per heavy atom. The van der Waals surface area contributed by atoms with E-state index in [1.165, 1.54) is 5.56 Å². The van der Waals surface area contributed by atoms with Crippen molar-refractivity contribution < 1.29 is 9.53 Å². The predicted molar refractivity (Wildman–Crippen MR) is 77.3 cm³/mol. The summed E-state index contributed by atoms with van der Waals surface area (Å²) in [5, 5.41) is 0. The van der Waals surface area contributed by atoms with Crippen molar-refractivity contribution in [2.24, 2.45) is 0 Å². The summed E-state index contributed by atoms with van der Waals surface area (Å²) in [5.74, 6) is 0.161. The van der Waals surface area contributed by atoms with Crippen LogP contribution >= 0.6 is 0 Å². The van der Waals surface area contributed by atoms with Crippen molar-refractivity contribution in [1.82, 2.24) is 9.80 Å². The molecule has 0 aromatic heterocycles. The third-order valence-corrected chi connectivity index (χ3v) is 4.10. The van der Waals surface area contributed by atoms with Crippen molar-refractivity contribution in [1.29, 1.82) is 0 Å². The maximum absolute atomic E-state index is 12.2. The van der Waals surface area contributed by atoms with Crippen LogP contribution in [0, 0.1) is 0 Å². The molecule has 4 heteroatoms. The first kappa shape index (κ1) is 13.6. The highest BCUT2D eigenvalue weighted by Gasteiger charge is 2.43. The van der Waals surface area contributed by atoms with Crippen LogP contribution in [0.15, 0.2) is 30.3 Å². The minimum atomic E-state index is -0.171. The standard InChI is InChI=1S/C16H22N2O2/c1-16(2)12-17(10-13-6-4-3-5-7-13)8-9-18(16)15(19)14-11-20-14/h3-7,14H,8-12H2,1-2H3. The number of rotatable bonds is 3. The number of hydrogen-bond donors (Lipinski definition) is 0. The molecule has 1 unspecified atom stereocenters.